The third kappa shape index (κ3) is 13.7. The van der Waals surface area contributed by atoms with E-state index < -0.39 is 0 Å². The summed E-state index contributed by atoms with van der Waals surface area (Å²) >= 11 is 0. The molecule has 1 aromatic rings. The van der Waals surface area contributed by atoms with Crippen molar-refractivity contribution in [1.82, 2.24) is 0 Å². The van der Waals surface area contributed by atoms with E-state index in [4.69, 9.17) is 4.74 Å². The second-order valence-corrected chi connectivity index (χ2v) is 7.12. The average molecular weight is 359 g/mol. The van der Waals surface area contributed by atoms with Gasteiger partial charge in [-0.2, -0.15) is 0 Å². The zero-order valence-electron chi connectivity index (χ0n) is 16.8. The molecule has 0 N–H and O–H groups in total. The highest BCUT2D eigenvalue weighted by atomic mass is 16.5. The second kappa shape index (κ2) is 16.9. The molecule has 2 nitrogen and oxygen atoms in total. The molecule has 0 aromatic heterocycles. The first-order valence-corrected chi connectivity index (χ1v) is 10.7. The quantitative estimate of drug-likeness (QED) is 0.131. The summed E-state index contributed by atoms with van der Waals surface area (Å²) in [6, 6.07) is 9.31. The number of hydrogen-bond acceptors (Lipinski definition) is 2. The smallest absolute Gasteiger partial charge is 0.311 e. The molecule has 1 rings (SSSR count). The van der Waals surface area contributed by atoms with E-state index in [1.165, 1.54) is 70.6 Å². The van der Waals surface area contributed by atoms with Gasteiger partial charge >= 0.3 is 5.97 Å². The summed E-state index contributed by atoms with van der Waals surface area (Å²) in [5.41, 5.74) is 0. The minimum atomic E-state index is -0.117. The first kappa shape index (κ1) is 22.5. The number of esters is 1. The van der Waals surface area contributed by atoms with Crippen LogP contribution in [0.2, 0.25) is 0 Å². The van der Waals surface area contributed by atoms with Crippen LogP contribution in [0, 0.1) is 0 Å². The molecule has 0 radical (unpaired) electrons. The molecule has 26 heavy (non-hydrogen) atoms. The van der Waals surface area contributed by atoms with Crippen LogP contribution in [0.5, 0.6) is 5.75 Å². The number of allylic oxidation sites excluding steroid dienone is 2. The Bertz CT molecular complexity index is 464. The zero-order chi connectivity index (χ0) is 18.7. The summed E-state index contributed by atoms with van der Waals surface area (Å²) in [5, 5.41) is 0. The zero-order valence-corrected chi connectivity index (χ0v) is 16.8. The van der Waals surface area contributed by atoms with Crippen LogP contribution in [0.1, 0.15) is 96.8 Å². The van der Waals surface area contributed by atoms with Gasteiger partial charge in [-0.05, 0) is 44.2 Å². The predicted molar refractivity (Wildman–Crippen MR) is 112 cm³/mol. The molecule has 1 aromatic carbocycles. The number of carbonyl (C=O) groups excluding carboxylic acids is 1. The maximum absolute atomic E-state index is 11.7. The Morgan fingerprint density at radius 2 is 1.31 bits per heavy atom. The molecule has 2 heteroatoms. The van der Waals surface area contributed by atoms with Crippen molar-refractivity contribution in [1.29, 1.82) is 0 Å². The molecule has 0 aliphatic rings. The minimum Gasteiger partial charge on any atom is -0.427 e. The van der Waals surface area contributed by atoms with Crippen LogP contribution < -0.4 is 4.74 Å². The monoisotopic (exact) mass is 358 g/mol. The third-order valence-corrected chi connectivity index (χ3v) is 4.62. The van der Waals surface area contributed by atoms with Gasteiger partial charge in [0, 0.05) is 6.42 Å². The molecule has 0 aliphatic carbocycles. The molecule has 146 valence electrons. The third-order valence-electron chi connectivity index (χ3n) is 4.62. The molecule has 0 unspecified atom stereocenters. The van der Waals surface area contributed by atoms with Gasteiger partial charge in [0.05, 0.1) is 0 Å². The number of unbranched alkanes of at least 4 members (excludes halogenated alkanes) is 11. The van der Waals surface area contributed by atoms with Gasteiger partial charge < -0.3 is 4.74 Å². The highest BCUT2D eigenvalue weighted by Crippen LogP contribution is 2.12. The Kier molecular flexibility index (Phi) is 14.6. The Morgan fingerprint density at radius 1 is 0.769 bits per heavy atom. The Morgan fingerprint density at radius 3 is 1.92 bits per heavy atom. The van der Waals surface area contributed by atoms with Crippen molar-refractivity contribution in [3.05, 3.63) is 42.5 Å². The van der Waals surface area contributed by atoms with Gasteiger partial charge in [-0.25, -0.2) is 0 Å². The second-order valence-electron chi connectivity index (χ2n) is 7.12. The van der Waals surface area contributed by atoms with E-state index >= 15 is 0 Å². The lowest BCUT2D eigenvalue weighted by atomic mass is 10.1. The molecular formula is C24H38O2. The lowest BCUT2D eigenvalue weighted by Crippen LogP contribution is -2.07. The minimum absolute atomic E-state index is 0.117. The van der Waals surface area contributed by atoms with Gasteiger partial charge in [-0.3, -0.25) is 4.79 Å². The van der Waals surface area contributed by atoms with Crippen LogP contribution in [-0.2, 0) is 4.79 Å². The number of carbonyl (C=O) groups is 1. The fourth-order valence-corrected chi connectivity index (χ4v) is 3.01. The Hall–Kier alpha value is -1.57. The lowest BCUT2D eigenvalue weighted by Gasteiger charge is -2.04. The first-order chi connectivity index (χ1) is 12.8. The number of rotatable bonds is 16. The van der Waals surface area contributed by atoms with Crippen LogP contribution >= 0.6 is 0 Å². The molecule has 0 spiro atoms. The summed E-state index contributed by atoms with van der Waals surface area (Å²) in [7, 11) is 0. The van der Waals surface area contributed by atoms with Crippen molar-refractivity contribution < 1.29 is 9.53 Å². The highest BCUT2D eigenvalue weighted by molar-refractivity contribution is 5.72. The standard InChI is InChI=1S/C24H38O2/c1-2-3-4-5-6-7-8-9-10-11-12-13-14-15-19-22-24(25)26-23-20-17-16-18-21-23/h9-10,16-18,20-21H,2-8,11-15,19,22H2,1H3. The molecular weight excluding hydrogens is 320 g/mol. The van der Waals surface area contributed by atoms with Gasteiger partial charge in [-0.15, -0.1) is 0 Å². The van der Waals surface area contributed by atoms with Crippen molar-refractivity contribution >= 4 is 5.97 Å². The average Bonchev–Trinajstić information content (AvgIpc) is 2.65. The number of ether oxygens (including phenoxy) is 1. The van der Waals surface area contributed by atoms with E-state index in [-0.39, 0.29) is 5.97 Å². The molecule has 0 atom stereocenters. The maximum atomic E-state index is 11.7. The number of hydrogen-bond donors (Lipinski definition) is 0. The fraction of sp³-hybridized carbons (Fsp3) is 0.625. The Labute approximate surface area is 161 Å². The number of para-hydroxylation sites is 1. The summed E-state index contributed by atoms with van der Waals surface area (Å²) in [5.74, 6) is 0.527. The van der Waals surface area contributed by atoms with E-state index in [0.717, 1.165) is 12.8 Å². The maximum Gasteiger partial charge on any atom is 0.311 e. The highest BCUT2D eigenvalue weighted by Gasteiger charge is 2.03. The molecule has 0 saturated heterocycles. The van der Waals surface area contributed by atoms with Gasteiger partial charge in [0.2, 0.25) is 0 Å². The lowest BCUT2D eigenvalue weighted by molar-refractivity contribution is -0.134. The molecule has 0 bridgehead atoms. The van der Waals surface area contributed by atoms with Gasteiger partial charge in [0.25, 0.3) is 0 Å². The SMILES string of the molecule is CCCCCCCCC=CCCCCCCCC(=O)Oc1ccccc1. The summed E-state index contributed by atoms with van der Waals surface area (Å²) in [6.45, 7) is 2.27. The largest absolute Gasteiger partial charge is 0.427 e. The van der Waals surface area contributed by atoms with Gasteiger partial charge in [-0.1, -0.05) is 88.6 Å². The predicted octanol–water partition coefficient (Wildman–Crippen LogP) is 7.63. The Balaban J connectivity index is 1.83. The topological polar surface area (TPSA) is 26.3 Å². The normalized spacial score (nSPS) is 11.1. The van der Waals surface area contributed by atoms with E-state index in [1.54, 1.807) is 0 Å². The van der Waals surface area contributed by atoms with Crippen LogP contribution in [0.15, 0.2) is 42.5 Å². The van der Waals surface area contributed by atoms with Crippen LogP contribution in [0.3, 0.4) is 0 Å². The van der Waals surface area contributed by atoms with E-state index in [0.29, 0.717) is 12.2 Å². The molecule has 0 fully saturated rings. The van der Waals surface area contributed by atoms with Crippen molar-refractivity contribution in [3.8, 4) is 5.75 Å². The van der Waals surface area contributed by atoms with Crippen molar-refractivity contribution in [3.63, 3.8) is 0 Å². The van der Waals surface area contributed by atoms with Crippen LogP contribution in [0.25, 0.3) is 0 Å². The van der Waals surface area contributed by atoms with Gasteiger partial charge in [0.15, 0.2) is 0 Å². The summed E-state index contributed by atoms with van der Waals surface area (Å²) < 4.78 is 5.29. The summed E-state index contributed by atoms with van der Waals surface area (Å²) in [4.78, 5) is 11.7. The molecule has 0 aliphatic heterocycles. The molecule has 0 saturated carbocycles. The molecule has 0 heterocycles. The van der Waals surface area contributed by atoms with Crippen molar-refractivity contribution in [2.45, 2.75) is 96.8 Å². The fourth-order valence-electron chi connectivity index (χ4n) is 3.01. The molecule has 0 amide bonds. The van der Waals surface area contributed by atoms with Crippen molar-refractivity contribution in [2.75, 3.05) is 0 Å². The van der Waals surface area contributed by atoms with E-state index in [9.17, 15) is 4.79 Å². The first-order valence-electron chi connectivity index (χ1n) is 10.7. The summed E-state index contributed by atoms with van der Waals surface area (Å²) in [6.07, 6.45) is 21.7. The van der Waals surface area contributed by atoms with E-state index in [1.807, 2.05) is 30.3 Å². The van der Waals surface area contributed by atoms with Gasteiger partial charge in [0.1, 0.15) is 5.75 Å². The van der Waals surface area contributed by atoms with E-state index in [2.05, 4.69) is 19.1 Å². The van der Waals surface area contributed by atoms with Crippen LogP contribution in [0.4, 0.5) is 0 Å². The number of benzene rings is 1. The van der Waals surface area contributed by atoms with Crippen molar-refractivity contribution in [2.24, 2.45) is 0 Å². The van der Waals surface area contributed by atoms with Crippen LogP contribution in [-0.4, -0.2) is 5.97 Å².